The van der Waals surface area contributed by atoms with Gasteiger partial charge in [-0.1, -0.05) is 0 Å². The van der Waals surface area contributed by atoms with Crippen molar-refractivity contribution in [2.45, 2.75) is 26.3 Å². The van der Waals surface area contributed by atoms with Gasteiger partial charge < -0.3 is 9.47 Å². The number of carbonyl (C=O) groups excluding carboxylic acids is 1. The second-order valence-electron chi connectivity index (χ2n) is 5.05. The Bertz CT molecular complexity index is 632. The van der Waals surface area contributed by atoms with E-state index in [0.29, 0.717) is 17.1 Å². The summed E-state index contributed by atoms with van der Waals surface area (Å²) in [6.45, 7) is 4.09. The fourth-order valence-electron chi connectivity index (χ4n) is 2.05. The summed E-state index contributed by atoms with van der Waals surface area (Å²) in [5.41, 5.74) is 1.26. The van der Waals surface area contributed by atoms with Gasteiger partial charge >= 0.3 is 0 Å². The van der Waals surface area contributed by atoms with Crippen molar-refractivity contribution in [3.8, 4) is 11.5 Å². The maximum Gasteiger partial charge on any atom is 0.172 e. The van der Waals surface area contributed by atoms with Crippen LogP contribution in [0.5, 0.6) is 11.5 Å². The van der Waals surface area contributed by atoms with E-state index in [2.05, 4.69) is 5.10 Å². The number of nitrogens with zero attached hydrogens (tertiary/aromatic N) is 2. The lowest BCUT2D eigenvalue weighted by atomic mass is 10.1. The van der Waals surface area contributed by atoms with E-state index < -0.39 is 0 Å². The molecule has 1 heterocycles. The molecule has 0 aliphatic carbocycles. The molecule has 21 heavy (non-hydrogen) atoms. The highest BCUT2D eigenvalue weighted by Crippen LogP contribution is 2.25. The first-order chi connectivity index (χ1) is 10.0. The van der Waals surface area contributed by atoms with Crippen LogP contribution in [0.15, 0.2) is 30.5 Å². The third-order valence-corrected chi connectivity index (χ3v) is 3.24. The summed E-state index contributed by atoms with van der Waals surface area (Å²) in [4.78, 5) is 12.5. The van der Waals surface area contributed by atoms with Crippen LogP contribution in [0.25, 0.3) is 0 Å². The molecule has 0 spiro atoms. The van der Waals surface area contributed by atoms with Crippen LogP contribution >= 0.6 is 0 Å². The number of Topliss-reactive ketones (excluding diaryl/α,β-unsaturated/α-hetero) is 1. The van der Waals surface area contributed by atoms with Gasteiger partial charge in [-0.2, -0.15) is 5.10 Å². The molecule has 2 rings (SSSR count). The van der Waals surface area contributed by atoms with Crippen molar-refractivity contribution in [1.82, 2.24) is 9.78 Å². The van der Waals surface area contributed by atoms with Crippen LogP contribution in [0, 0.1) is 0 Å². The smallest absolute Gasteiger partial charge is 0.172 e. The first-order valence-electron chi connectivity index (χ1n) is 6.84. The predicted octanol–water partition coefficient (Wildman–Crippen LogP) is 2.91. The molecule has 112 valence electrons. The maximum absolute atomic E-state index is 12.5. The molecule has 0 saturated carbocycles. The van der Waals surface area contributed by atoms with Gasteiger partial charge in [0.1, 0.15) is 11.5 Å². The standard InChI is InChI=1S/C16H20N2O3/c1-11(2)18-8-7-12(17-18)9-15(19)14-10-13(20-3)5-6-16(14)21-4/h5-8,10-11H,9H2,1-4H3. The van der Waals surface area contributed by atoms with E-state index in [1.54, 1.807) is 32.4 Å². The number of hydrogen-bond donors (Lipinski definition) is 0. The largest absolute Gasteiger partial charge is 0.497 e. The predicted molar refractivity (Wildman–Crippen MR) is 80.2 cm³/mol. The second-order valence-corrected chi connectivity index (χ2v) is 5.05. The summed E-state index contributed by atoms with van der Waals surface area (Å²) in [5, 5.41) is 4.40. The summed E-state index contributed by atoms with van der Waals surface area (Å²) in [6, 6.07) is 7.34. The zero-order chi connectivity index (χ0) is 15.4. The Balaban J connectivity index is 2.22. The van der Waals surface area contributed by atoms with Crippen molar-refractivity contribution in [3.63, 3.8) is 0 Å². The molecule has 1 aromatic carbocycles. The minimum absolute atomic E-state index is 0.0419. The van der Waals surface area contributed by atoms with Crippen LogP contribution in [0.4, 0.5) is 0 Å². The Kier molecular flexibility index (Phi) is 4.62. The van der Waals surface area contributed by atoms with Gasteiger partial charge in [-0.15, -0.1) is 0 Å². The van der Waals surface area contributed by atoms with E-state index in [9.17, 15) is 4.79 Å². The van der Waals surface area contributed by atoms with Gasteiger partial charge in [0.05, 0.1) is 31.9 Å². The first-order valence-corrected chi connectivity index (χ1v) is 6.84. The van der Waals surface area contributed by atoms with Crippen LogP contribution in [0.3, 0.4) is 0 Å². The number of hydrogen-bond acceptors (Lipinski definition) is 4. The fourth-order valence-corrected chi connectivity index (χ4v) is 2.05. The van der Waals surface area contributed by atoms with E-state index in [1.165, 1.54) is 0 Å². The quantitative estimate of drug-likeness (QED) is 0.767. The summed E-state index contributed by atoms with van der Waals surface area (Å²) < 4.78 is 12.2. The molecule has 5 heteroatoms. The zero-order valence-electron chi connectivity index (χ0n) is 12.8. The molecule has 5 nitrogen and oxygen atoms in total. The molecule has 0 radical (unpaired) electrons. The minimum Gasteiger partial charge on any atom is -0.497 e. The van der Waals surface area contributed by atoms with E-state index >= 15 is 0 Å². The third kappa shape index (κ3) is 3.42. The lowest BCUT2D eigenvalue weighted by Gasteiger charge is -2.09. The highest BCUT2D eigenvalue weighted by atomic mass is 16.5. The second kappa shape index (κ2) is 6.43. The molecule has 0 amide bonds. The highest BCUT2D eigenvalue weighted by Gasteiger charge is 2.15. The molecule has 0 saturated heterocycles. The van der Waals surface area contributed by atoms with Crippen molar-refractivity contribution in [2.24, 2.45) is 0 Å². The van der Waals surface area contributed by atoms with Crippen molar-refractivity contribution < 1.29 is 14.3 Å². The van der Waals surface area contributed by atoms with E-state index in [1.807, 2.05) is 30.8 Å². The fraction of sp³-hybridized carbons (Fsp3) is 0.375. The van der Waals surface area contributed by atoms with Gasteiger partial charge in [-0.25, -0.2) is 0 Å². The monoisotopic (exact) mass is 288 g/mol. The molecule has 0 unspecified atom stereocenters. The molecule has 0 aliphatic heterocycles. The Labute approximate surface area is 124 Å². The van der Waals surface area contributed by atoms with Crippen LogP contribution in [-0.2, 0) is 6.42 Å². The van der Waals surface area contributed by atoms with Crippen molar-refractivity contribution in [3.05, 3.63) is 41.7 Å². The topological polar surface area (TPSA) is 53.4 Å². The summed E-state index contributed by atoms with van der Waals surface area (Å²) in [7, 11) is 3.12. The van der Waals surface area contributed by atoms with E-state index in [-0.39, 0.29) is 18.2 Å². The Hall–Kier alpha value is -2.30. The van der Waals surface area contributed by atoms with E-state index in [0.717, 1.165) is 5.69 Å². The summed E-state index contributed by atoms with van der Waals surface area (Å²) in [6.07, 6.45) is 2.12. The van der Waals surface area contributed by atoms with Gasteiger partial charge in [0.2, 0.25) is 0 Å². The minimum atomic E-state index is -0.0419. The van der Waals surface area contributed by atoms with Crippen LogP contribution in [0.2, 0.25) is 0 Å². The Morgan fingerprint density at radius 3 is 2.57 bits per heavy atom. The van der Waals surface area contributed by atoms with Gasteiger partial charge in [0.15, 0.2) is 5.78 Å². The molecule has 0 N–H and O–H groups in total. The Morgan fingerprint density at radius 2 is 2.00 bits per heavy atom. The molecular weight excluding hydrogens is 268 g/mol. The first kappa shape index (κ1) is 15.1. The summed E-state index contributed by atoms with van der Waals surface area (Å²) >= 11 is 0. The number of carbonyl (C=O) groups is 1. The molecule has 0 bridgehead atoms. The number of benzene rings is 1. The SMILES string of the molecule is COc1ccc(OC)c(C(=O)Cc2ccn(C(C)C)n2)c1. The van der Waals surface area contributed by atoms with Crippen molar-refractivity contribution in [1.29, 1.82) is 0 Å². The van der Waals surface area contributed by atoms with Gasteiger partial charge in [0.25, 0.3) is 0 Å². The Morgan fingerprint density at radius 1 is 1.24 bits per heavy atom. The number of ketones is 1. The average molecular weight is 288 g/mol. The zero-order valence-corrected chi connectivity index (χ0v) is 12.8. The molecule has 2 aromatic rings. The van der Waals surface area contributed by atoms with Crippen molar-refractivity contribution >= 4 is 5.78 Å². The lowest BCUT2D eigenvalue weighted by Crippen LogP contribution is -2.08. The van der Waals surface area contributed by atoms with Gasteiger partial charge in [-0.05, 0) is 38.1 Å². The lowest BCUT2D eigenvalue weighted by molar-refractivity contribution is 0.0988. The van der Waals surface area contributed by atoms with Gasteiger partial charge in [0, 0.05) is 12.2 Å². The number of aromatic nitrogens is 2. The number of methoxy groups -OCH3 is 2. The number of ether oxygens (including phenoxy) is 2. The van der Waals surface area contributed by atoms with Crippen LogP contribution in [0.1, 0.15) is 35.9 Å². The van der Waals surface area contributed by atoms with Crippen LogP contribution < -0.4 is 9.47 Å². The number of rotatable bonds is 6. The molecular formula is C16H20N2O3. The van der Waals surface area contributed by atoms with E-state index in [4.69, 9.17) is 9.47 Å². The molecule has 0 atom stereocenters. The van der Waals surface area contributed by atoms with Crippen molar-refractivity contribution in [2.75, 3.05) is 14.2 Å². The van der Waals surface area contributed by atoms with Gasteiger partial charge in [-0.3, -0.25) is 9.48 Å². The summed E-state index contributed by atoms with van der Waals surface area (Å²) in [5.74, 6) is 1.13. The van der Waals surface area contributed by atoms with Crippen LogP contribution in [-0.4, -0.2) is 29.8 Å². The highest BCUT2D eigenvalue weighted by molar-refractivity contribution is 6.00. The maximum atomic E-state index is 12.5. The molecule has 1 aromatic heterocycles. The average Bonchev–Trinajstić information content (AvgIpc) is 2.95. The molecule has 0 fully saturated rings. The molecule has 0 aliphatic rings. The third-order valence-electron chi connectivity index (χ3n) is 3.24. The normalized spacial score (nSPS) is 10.7.